The maximum Gasteiger partial charge on any atom is 0.325 e. The van der Waals surface area contributed by atoms with Crippen LogP contribution in [0.4, 0.5) is 0 Å². The van der Waals surface area contributed by atoms with Gasteiger partial charge in [-0.3, -0.25) is 4.79 Å². The topological polar surface area (TPSA) is 52.3 Å². The Morgan fingerprint density at radius 3 is 2.62 bits per heavy atom. The molecule has 0 radical (unpaired) electrons. The third-order valence-corrected chi connectivity index (χ3v) is 2.68. The van der Waals surface area contributed by atoms with Crippen LogP contribution in [0, 0.1) is 5.92 Å². The van der Waals surface area contributed by atoms with E-state index in [1.165, 1.54) is 19.3 Å². The summed E-state index contributed by atoms with van der Waals surface area (Å²) >= 11 is 0. The Hall–Kier alpha value is -0.570. The SMILES string of the molecule is CCOC(=O)C(C)(N)CC1CCC1. The number of hydrogen-bond donors (Lipinski definition) is 1. The molecule has 3 nitrogen and oxygen atoms in total. The summed E-state index contributed by atoms with van der Waals surface area (Å²) in [4.78, 5) is 11.4. The highest BCUT2D eigenvalue weighted by molar-refractivity contribution is 5.79. The molecule has 0 aromatic rings. The van der Waals surface area contributed by atoms with Gasteiger partial charge in [-0.05, 0) is 26.2 Å². The number of hydrogen-bond acceptors (Lipinski definition) is 3. The fourth-order valence-electron chi connectivity index (χ4n) is 1.68. The molecule has 1 aliphatic rings. The van der Waals surface area contributed by atoms with Crippen molar-refractivity contribution < 1.29 is 9.53 Å². The van der Waals surface area contributed by atoms with E-state index in [0.29, 0.717) is 12.5 Å². The Balaban J connectivity index is 2.38. The van der Waals surface area contributed by atoms with Crippen molar-refractivity contribution in [1.82, 2.24) is 0 Å². The normalized spacial score (nSPS) is 21.8. The minimum absolute atomic E-state index is 0.262. The van der Waals surface area contributed by atoms with Crippen LogP contribution < -0.4 is 5.73 Å². The van der Waals surface area contributed by atoms with Crippen molar-refractivity contribution in [3.8, 4) is 0 Å². The predicted octanol–water partition coefficient (Wildman–Crippen LogP) is 1.46. The maximum atomic E-state index is 11.4. The molecule has 0 amide bonds. The molecular weight excluding hydrogens is 166 g/mol. The van der Waals surface area contributed by atoms with E-state index in [0.717, 1.165) is 6.42 Å². The minimum Gasteiger partial charge on any atom is -0.465 e. The summed E-state index contributed by atoms with van der Waals surface area (Å²) in [6.45, 7) is 3.98. The van der Waals surface area contributed by atoms with E-state index < -0.39 is 5.54 Å². The van der Waals surface area contributed by atoms with Crippen molar-refractivity contribution in [2.75, 3.05) is 6.61 Å². The maximum absolute atomic E-state index is 11.4. The van der Waals surface area contributed by atoms with Gasteiger partial charge in [-0.1, -0.05) is 19.3 Å². The van der Waals surface area contributed by atoms with Crippen LogP contribution >= 0.6 is 0 Å². The van der Waals surface area contributed by atoms with E-state index in [-0.39, 0.29) is 5.97 Å². The largest absolute Gasteiger partial charge is 0.465 e. The zero-order valence-electron chi connectivity index (χ0n) is 8.51. The zero-order valence-corrected chi connectivity index (χ0v) is 8.51. The lowest BCUT2D eigenvalue weighted by molar-refractivity contribution is -0.149. The van der Waals surface area contributed by atoms with Crippen LogP contribution in [-0.2, 0) is 9.53 Å². The van der Waals surface area contributed by atoms with E-state index >= 15 is 0 Å². The molecular formula is C10H19NO2. The average Bonchev–Trinajstić information content (AvgIpc) is 1.98. The van der Waals surface area contributed by atoms with Crippen molar-refractivity contribution >= 4 is 5.97 Å². The van der Waals surface area contributed by atoms with Crippen molar-refractivity contribution in [1.29, 1.82) is 0 Å². The van der Waals surface area contributed by atoms with Gasteiger partial charge in [0, 0.05) is 0 Å². The lowest BCUT2D eigenvalue weighted by Crippen LogP contribution is -2.48. The van der Waals surface area contributed by atoms with Gasteiger partial charge in [0.15, 0.2) is 0 Å². The molecule has 76 valence electrons. The molecule has 0 saturated heterocycles. The molecule has 0 spiro atoms. The molecule has 1 atom stereocenters. The number of rotatable bonds is 4. The highest BCUT2D eigenvalue weighted by Gasteiger charge is 2.34. The summed E-state index contributed by atoms with van der Waals surface area (Å²) < 4.78 is 4.91. The smallest absolute Gasteiger partial charge is 0.325 e. The highest BCUT2D eigenvalue weighted by atomic mass is 16.5. The summed E-state index contributed by atoms with van der Waals surface area (Å²) in [5.74, 6) is 0.376. The standard InChI is InChI=1S/C10H19NO2/c1-3-13-9(12)10(2,11)7-8-5-4-6-8/h8H,3-7,11H2,1-2H3. The van der Waals surface area contributed by atoms with Gasteiger partial charge in [0.2, 0.25) is 0 Å². The highest BCUT2D eigenvalue weighted by Crippen LogP contribution is 2.33. The summed E-state index contributed by atoms with van der Waals surface area (Å²) in [6.07, 6.45) is 4.48. The molecule has 1 aliphatic carbocycles. The number of esters is 1. The Morgan fingerprint density at radius 2 is 2.23 bits per heavy atom. The molecule has 2 N–H and O–H groups in total. The van der Waals surface area contributed by atoms with Crippen LogP contribution in [-0.4, -0.2) is 18.1 Å². The van der Waals surface area contributed by atoms with Gasteiger partial charge >= 0.3 is 5.97 Å². The van der Waals surface area contributed by atoms with Gasteiger partial charge in [0.05, 0.1) is 6.61 Å². The van der Waals surface area contributed by atoms with E-state index in [1.54, 1.807) is 13.8 Å². The van der Waals surface area contributed by atoms with Gasteiger partial charge in [-0.25, -0.2) is 0 Å². The lowest BCUT2D eigenvalue weighted by Gasteiger charge is -2.32. The first-order valence-corrected chi connectivity index (χ1v) is 5.02. The van der Waals surface area contributed by atoms with Crippen molar-refractivity contribution in [2.24, 2.45) is 11.7 Å². The van der Waals surface area contributed by atoms with E-state index in [4.69, 9.17) is 10.5 Å². The summed E-state index contributed by atoms with van der Waals surface area (Å²) in [7, 11) is 0. The average molecular weight is 185 g/mol. The Bertz CT molecular complexity index is 185. The summed E-state index contributed by atoms with van der Waals surface area (Å²) in [5, 5.41) is 0. The number of nitrogens with two attached hydrogens (primary N) is 1. The predicted molar refractivity (Wildman–Crippen MR) is 51.2 cm³/mol. The van der Waals surface area contributed by atoms with Gasteiger partial charge in [-0.2, -0.15) is 0 Å². The molecule has 1 saturated carbocycles. The first-order chi connectivity index (χ1) is 6.06. The molecule has 1 unspecified atom stereocenters. The lowest BCUT2D eigenvalue weighted by atomic mass is 9.77. The van der Waals surface area contributed by atoms with Crippen LogP contribution in [0.5, 0.6) is 0 Å². The Kier molecular flexibility index (Phi) is 3.31. The zero-order chi connectivity index (χ0) is 9.90. The number of carbonyl (C=O) groups excluding carboxylic acids is 1. The van der Waals surface area contributed by atoms with Crippen LogP contribution in [0.25, 0.3) is 0 Å². The fraction of sp³-hybridized carbons (Fsp3) is 0.900. The molecule has 13 heavy (non-hydrogen) atoms. The molecule has 0 aromatic heterocycles. The van der Waals surface area contributed by atoms with Crippen LogP contribution in [0.1, 0.15) is 39.5 Å². The number of carbonyl (C=O) groups is 1. The third kappa shape index (κ3) is 2.69. The van der Waals surface area contributed by atoms with Crippen molar-refractivity contribution in [2.45, 2.75) is 45.1 Å². The van der Waals surface area contributed by atoms with Crippen molar-refractivity contribution in [3.63, 3.8) is 0 Å². The Labute approximate surface area is 79.6 Å². The van der Waals surface area contributed by atoms with Gasteiger partial charge in [0.1, 0.15) is 5.54 Å². The Morgan fingerprint density at radius 1 is 1.62 bits per heavy atom. The molecule has 1 fully saturated rings. The first kappa shape index (κ1) is 10.5. The molecule has 0 bridgehead atoms. The van der Waals surface area contributed by atoms with Gasteiger partial charge < -0.3 is 10.5 Å². The molecule has 1 rings (SSSR count). The first-order valence-electron chi connectivity index (χ1n) is 5.02. The summed E-state index contributed by atoms with van der Waals surface area (Å²) in [5.41, 5.74) is 5.11. The fourth-order valence-corrected chi connectivity index (χ4v) is 1.68. The van der Waals surface area contributed by atoms with E-state index in [9.17, 15) is 4.79 Å². The molecule has 0 heterocycles. The van der Waals surface area contributed by atoms with Crippen LogP contribution in [0.2, 0.25) is 0 Å². The quantitative estimate of drug-likeness (QED) is 0.674. The van der Waals surface area contributed by atoms with Crippen molar-refractivity contribution in [3.05, 3.63) is 0 Å². The minimum atomic E-state index is -0.777. The third-order valence-electron chi connectivity index (χ3n) is 2.68. The van der Waals surface area contributed by atoms with Crippen LogP contribution in [0.15, 0.2) is 0 Å². The second kappa shape index (κ2) is 4.09. The molecule has 3 heteroatoms. The van der Waals surface area contributed by atoms with E-state index in [1.807, 2.05) is 0 Å². The van der Waals surface area contributed by atoms with Gasteiger partial charge in [0.25, 0.3) is 0 Å². The van der Waals surface area contributed by atoms with Gasteiger partial charge in [-0.15, -0.1) is 0 Å². The van der Waals surface area contributed by atoms with E-state index in [2.05, 4.69) is 0 Å². The second-order valence-corrected chi connectivity index (χ2v) is 4.14. The molecule has 0 aliphatic heterocycles. The monoisotopic (exact) mass is 185 g/mol. The number of ether oxygens (including phenoxy) is 1. The second-order valence-electron chi connectivity index (χ2n) is 4.14. The molecule has 0 aromatic carbocycles. The van der Waals surface area contributed by atoms with Crippen LogP contribution in [0.3, 0.4) is 0 Å². The summed E-state index contributed by atoms with van der Waals surface area (Å²) in [6, 6.07) is 0.